The number of nitrogens with zero attached hydrogens (tertiary/aromatic N) is 1. The Labute approximate surface area is 275 Å². The first-order chi connectivity index (χ1) is 22.8. The molecule has 1 heterocycles. The SMILES string of the molecule is CCOCCNC(=O)CCCc1ccc2c(c1)C(COC(=O)ON1C(=O)CCC1=O)c1cc(CCCC(=O)NCCOCC)ccc1-2. The molecule has 0 radical (unpaired) electrons. The third-order valence-corrected chi connectivity index (χ3v) is 8.10. The van der Waals surface area contributed by atoms with E-state index in [1.165, 1.54) is 0 Å². The van der Waals surface area contributed by atoms with Crippen LogP contribution in [0.4, 0.5) is 4.79 Å². The van der Waals surface area contributed by atoms with Gasteiger partial charge in [-0.25, -0.2) is 4.79 Å². The van der Waals surface area contributed by atoms with Crippen molar-refractivity contribution in [2.45, 2.75) is 71.1 Å². The molecule has 12 nitrogen and oxygen atoms in total. The molecule has 2 N–H and O–H groups in total. The first-order valence-electron chi connectivity index (χ1n) is 16.5. The van der Waals surface area contributed by atoms with E-state index in [4.69, 9.17) is 19.0 Å². The fourth-order valence-corrected chi connectivity index (χ4v) is 5.76. The summed E-state index contributed by atoms with van der Waals surface area (Å²) in [5.41, 5.74) is 6.09. The Kier molecular flexibility index (Phi) is 13.7. The van der Waals surface area contributed by atoms with E-state index in [0.717, 1.165) is 33.4 Å². The Morgan fingerprint density at radius 2 is 1.26 bits per heavy atom. The first kappa shape index (κ1) is 35.6. The van der Waals surface area contributed by atoms with E-state index < -0.39 is 18.0 Å². The van der Waals surface area contributed by atoms with Crippen molar-refractivity contribution in [3.63, 3.8) is 0 Å². The summed E-state index contributed by atoms with van der Waals surface area (Å²) in [5.74, 6) is -1.52. The number of rotatable bonds is 19. The minimum atomic E-state index is -1.12. The minimum absolute atomic E-state index is 0.00902. The predicted octanol–water partition coefficient (Wildman–Crippen LogP) is 3.97. The number of hydrogen-bond donors (Lipinski definition) is 2. The second-order valence-electron chi connectivity index (χ2n) is 11.4. The molecule has 0 saturated carbocycles. The molecule has 2 aromatic rings. The molecular formula is C35H45N3O9. The molecule has 2 aromatic carbocycles. The van der Waals surface area contributed by atoms with Crippen molar-refractivity contribution >= 4 is 29.8 Å². The number of imide groups is 1. The van der Waals surface area contributed by atoms with Gasteiger partial charge in [-0.15, -0.1) is 0 Å². The molecule has 1 aliphatic carbocycles. The van der Waals surface area contributed by atoms with Crippen LogP contribution in [0, 0.1) is 0 Å². The van der Waals surface area contributed by atoms with Gasteiger partial charge < -0.3 is 24.8 Å². The minimum Gasteiger partial charge on any atom is -0.432 e. The third-order valence-electron chi connectivity index (χ3n) is 8.10. The molecular weight excluding hydrogens is 606 g/mol. The maximum atomic E-state index is 12.6. The summed E-state index contributed by atoms with van der Waals surface area (Å²) in [6.07, 6.45) is 2.36. The number of fused-ring (bicyclic) bond motifs is 3. The van der Waals surface area contributed by atoms with Crippen LogP contribution in [0.25, 0.3) is 11.1 Å². The maximum Gasteiger partial charge on any atom is 0.533 e. The molecule has 1 aliphatic heterocycles. The van der Waals surface area contributed by atoms with E-state index in [-0.39, 0.29) is 37.2 Å². The maximum absolute atomic E-state index is 12.6. The lowest BCUT2D eigenvalue weighted by atomic mass is 9.94. The standard InChI is InChI=1S/C35H45N3O9/c1-3-44-19-17-36-31(39)9-5-7-24-11-13-26-27-14-12-25(8-6-10-32(40)37-18-20-45-4-2)22-29(27)30(28(26)21-24)23-46-35(43)47-38-33(41)15-16-34(38)42/h11-14,21-22,30H,3-10,15-20,23H2,1-2H3,(H,36,39)(H,37,40). The lowest BCUT2D eigenvalue weighted by molar-refractivity contribution is -0.177. The topological polar surface area (TPSA) is 150 Å². The predicted molar refractivity (Wildman–Crippen MR) is 172 cm³/mol. The number of benzene rings is 2. The lowest BCUT2D eigenvalue weighted by Crippen LogP contribution is -2.32. The highest BCUT2D eigenvalue weighted by molar-refractivity contribution is 6.01. The van der Waals surface area contributed by atoms with Crippen LogP contribution in [0.2, 0.25) is 0 Å². The van der Waals surface area contributed by atoms with Crippen molar-refractivity contribution < 1.29 is 43.0 Å². The van der Waals surface area contributed by atoms with Crippen molar-refractivity contribution in [1.82, 2.24) is 15.7 Å². The van der Waals surface area contributed by atoms with E-state index in [1.807, 2.05) is 13.8 Å². The van der Waals surface area contributed by atoms with E-state index in [0.29, 0.717) is 83.1 Å². The molecule has 1 fully saturated rings. The molecule has 0 atom stereocenters. The van der Waals surface area contributed by atoms with Crippen LogP contribution in [0.3, 0.4) is 0 Å². The molecule has 1 saturated heterocycles. The Morgan fingerprint density at radius 3 is 1.72 bits per heavy atom. The second-order valence-corrected chi connectivity index (χ2v) is 11.4. The van der Waals surface area contributed by atoms with Gasteiger partial charge in [0.15, 0.2) is 0 Å². The largest absolute Gasteiger partial charge is 0.533 e. The summed E-state index contributed by atoms with van der Waals surface area (Å²) in [6, 6.07) is 12.4. The zero-order valence-electron chi connectivity index (χ0n) is 27.3. The number of carbonyl (C=O) groups excluding carboxylic acids is 5. The van der Waals surface area contributed by atoms with Crippen molar-refractivity contribution in [2.75, 3.05) is 46.1 Å². The van der Waals surface area contributed by atoms with Gasteiger partial charge in [-0.2, -0.15) is 0 Å². The summed E-state index contributed by atoms with van der Waals surface area (Å²) >= 11 is 0. The van der Waals surface area contributed by atoms with Crippen LogP contribution in [-0.2, 0) is 51.1 Å². The lowest BCUT2D eigenvalue weighted by Gasteiger charge is -2.17. The summed E-state index contributed by atoms with van der Waals surface area (Å²) in [6.45, 7) is 6.92. The van der Waals surface area contributed by atoms with E-state index in [9.17, 15) is 24.0 Å². The van der Waals surface area contributed by atoms with Crippen molar-refractivity contribution in [1.29, 1.82) is 0 Å². The fraction of sp³-hybridized carbons (Fsp3) is 0.514. The van der Waals surface area contributed by atoms with Crippen molar-refractivity contribution in [3.8, 4) is 11.1 Å². The molecule has 0 spiro atoms. The van der Waals surface area contributed by atoms with Crippen LogP contribution in [0.5, 0.6) is 0 Å². The Hall–Kier alpha value is -4.29. The quantitative estimate of drug-likeness (QED) is 0.131. The van der Waals surface area contributed by atoms with Crippen LogP contribution in [-0.4, -0.2) is 81.0 Å². The molecule has 0 unspecified atom stereocenters. The highest BCUT2D eigenvalue weighted by Gasteiger charge is 2.35. The van der Waals surface area contributed by atoms with Gasteiger partial charge in [-0.05, 0) is 72.9 Å². The fourth-order valence-electron chi connectivity index (χ4n) is 5.76. The van der Waals surface area contributed by atoms with Gasteiger partial charge in [0, 0.05) is 57.9 Å². The van der Waals surface area contributed by atoms with E-state index in [1.54, 1.807) is 0 Å². The highest BCUT2D eigenvalue weighted by atomic mass is 16.8. The molecule has 12 heteroatoms. The van der Waals surface area contributed by atoms with Gasteiger partial charge in [0.1, 0.15) is 6.61 Å². The molecule has 4 amide bonds. The van der Waals surface area contributed by atoms with Crippen LogP contribution in [0.15, 0.2) is 36.4 Å². The van der Waals surface area contributed by atoms with E-state index in [2.05, 4.69) is 47.0 Å². The molecule has 0 aromatic heterocycles. The Morgan fingerprint density at radius 1 is 0.766 bits per heavy atom. The Bertz CT molecular complexity index is 1330. The van der Waals surface area contributed by atoms with Crippen molar-refractivity contribution in [2.24, 2.45) is 0 Å². The molecule has 2 aliphatic rings. The van der Waals surface area contributed by atoms with Crippen LogP contribution < -0.4 is 10.6 Å². The summed E-state index contributed by atoms with van der Waals surface area (Å²) in [7, 11) is 0. The number of hydroxylamine groups is 2. The summed E-state index contributed by atoms with van der Waals surface area (Å²) in [4.78, 5) is 65.7. The van der Waals surface area contributed by atoms with Gasteiger partial charge in [0.05, 0.1) is 13.2 Å². The zero-order chi connectivity index (χ0) is 33.6. The molecule has 4 rings (SSSR count). The van der Waals surface area contributed by atoms with Crippen LogP contribution in [0.1, 0.15) is 80.5 Å². The summed E-state index contributed by atoms with van der Waals surface area (Å²) < 4.78 is 16.0. The van der Waals surface area contributed by atoms with Gasteiger partial charge >= 0.3 is 6.16 Å². The van der Waals surface area contributed by atoms with Gasteiger partial charge in [0.2, 0.25) is 11.8 Å². The second kappa shape index (κ2) is 18.2. The molecule has 254 valence electrons. The van der Waals surface area contributed by atoms with Gasteiger partial charge in [0.25, 0.3) is 11.8 Å². The average molecular weight is 652 g/mol. The smallest absolute Gasteiger partial charge is 0.432 e. The number of nitrogens with one attached hydrogen (secondary N) is 2. The number of hydrogen-bond acceptors (Lipinski definition) is 9. The zero-order valence-corrected chi connectivity index (χ0v) is 27.3. The number of carbonyl (C=O) groups is 5. The molecule has 0 bridgehead atoms. The number of aryl methyl sites for hydroxylation is 2. The highest BCUT2D eigenvalue weighted by Crippen LogP contribution is 2.46. The monoisotopic (exact) mass is 651 g/mol. The number of amides is 4. The van der Waals surface area contributed by atoms with Gasteiger partial charge in [-0.1, -0.05) is 41.5 Å². The normalized spacial score (nSPS) is 13.8. The third kappa shape index (κ3) is 10.4. The summed E-state index contributed by atoms with van der Waals surface area (Å²) in [5, 5.41) is 6.20. The number of ether oxygens (including phenoxy) is 3. The molecule has 47 heavy (non-hydrogen) atoms. The Balaban J connectivity index is 1.42. The average Bonchev–Trinajstić information content (AvgIpc) is 3.54. The van der Waals surface area contributed by atoms with Crippen molar-refractivity contribution in [3.05, 3.63) is 58.7 Å². The van der Waals surface area contributed by atoms with Crippen LogP contribution >= 0.6 is 0 Å². The van der Waals surface area contributed by atoms with Gasteiger partial charge in [-0.3, -0.25) is 24.0 Å². The van der Waals surface area contributed by atoms with E-state index >= 15 is 0 Å². The first-order valence-corrected chi connectivity index (χ1v) is 16.5.